The molecule has 0 radical (unpaired) electrons. The largest absolute Gasteiger partial charge is 0.434 e. The minimum absolute atomic E-state index is 0.159. The van der Waals surface area contributed by atoms with Gasteiger partial charge in [0.25, 0.3) is 0 Å². The highest BCUT2D eigenvalue weighted by atomic mass is 19.4. The Hall–Kier alpha value is -3.33. The van der Waals surface area contributed by atoms with Crippen LogP contribution in [0, 0.1) is 6.92 Å². The summed E-state index contributed by atoms with van der Waals surface area (Å²) < 4.78 is 41.6. The molecule has 1 aromatic carbocycles. The summed E-state index contributed by atoms with van der Waals surface area (Å²) in [5, 5.41) is 0. The number of aryl methyl sites for hydroxylation is 1. The van der Waals surface area contributed by atoms with Crippen LogP contribution in [0.25, 0.3) is 17.1 Å². The molecule has 1 fully saturated rings. The molecule has 2 aromatic heterocycles. The molecule has 0 aliphatic heterocycles. The van der Waals surface area contributed by atoms with E-state index in [2.05, 4.69) is 42.0 Å². The van der Waals surface area contributed by atoms with E-state index in [0.29, 0.717) is 23.2 Å². The fraction of sp³-hybridized carbons (Fsp3) is 0.385. The maximum atomic E-state index is 13.2. The number of hydrogen-bond donors (Lipinski definition) is 3. The zero-order valence-corrected chi connectivity index (χ0v) is 19.9. The quantitative estimate of drug-likeness (QED) is 0.280. The molecule has 0 spiro atoms. The van der Waals surface area contributed by atoms with Crippen LogP contribution in [0.4, 0.5) is 13.2 Å². The Labute approximate surface area is 203 Å². The number of halogens is 3. The highest BCUT2D eigenvalue weighted by Gasteiger charge is 2.36. The van der Waals surface area contributed by atoms with Crippen LogP contribution in [0.2, 0.25) is 0 Å². The van der Waals surface area contributed by atoms with Gasteiger partial charge in [-0.2, -0.15) is 13.2 Å². The van der Waals surface area contributed by atoms with Crippen LogP contribution in [0.15, 0.2) is 54.7 Å². The van der Waals surface area contributed by atoms with Crippen molar-refractivity contribution in [2.24, 2.45) is 11.6 Å². The third-order valence-electron chi connectivity index (χ3n) is 6.52. The normalized spacial score (nSPS) is 15.6. The van der Waals surface area contributed by atoms with Crippen LogP contribution in [0.5, 0.6) is 0 Å². The molecule has 1 aliphatic carbocycles. The van der Waals surface area contributed by atoms with Crippen molar-refractivity contribution >= 4 is 5.70 Å². The van der Waals surface area contributed by atoms with Gasteiger partial charge in [-0.1, -0.05) is 31.5 Å². The standard InChI is InChI=1S/C26H31F3N6/c1-3-4-20(21-11-18(17-7-8-17)6-5-16(21)2)13-35-14-23(33-15-35)22-12-19(9-10-32-22)24(30)25(34-31)26(27,28)29/h5-6,9-12,14-15,17,20,34H,3-4,7-8,13,30-31H2,1-2H3/b25-24-. The maximum Gasteiger partial charge on any atom is 0.434 e. The molecule has 5 N–H and O–H groups in total. The summed E-state index contributed by atoms with van der Waals surface area (Å²) in [5.41, 5.74) is 11.0. The SMILES string of the molecule is CCCC(Cn1cnc(-c2cc(/C(N)=C(/NN)C(F)(F)F)ccn2)c1)c1cc(C2CC2)ccc1C. The number of imidazole rings is 1. The lowest BCUT2D eigenvalue weighted by Crippen LogP contribution is -2.34. The van der Waals surface area contributed by atoms with E-state index in [9.17, 15) is 13.2 Å². The number of nitrogens with two attached hydrogens (primary N) is 2. The first-order valence-corrected chi connectivity index (χ1v) is 11.8. The Morgan fingerprint density at radius 1 is 1.17 bits per heavy atom. The Kier molecular flexibility index (Phi) is 7.16. The van der Waals surface area contributed by atoms with Crippen LogP contribution >= 0.6 is 0 Å². The van der Waals surface area contributed by atoms with Crippen molar-refractivity contribution in [2.45, 2.75) is 64.1 Å². The Bertz CT molecular complexity index is 1210. The smallest absolute Gasteiger partial charge is 0.397 e. The van der Waals surface area contributed by atoms with Gasteiger partial charge in [-0.15, -0.1) is 0 Å². The summed E-state index contributed by atoms with van der Waals surface area (Å²) in [7, 11) is 0. The van der Waals surface area contributed by atoms with Crippen molar-refractivity contribution in [2.75, 3.05) is 0 Å². The van der Waals surface area contributed by atoms with E-state index in [1.165, 1.54) is 47.9 Å². The van der Waals surface area contributed by atoms with Gasteiger partial charge in [0.15, 0.2) is 5.70 Å². The lowest BCUT2D eigenvalue weighted by Gasteiger charge is -2.20. The molecule has 1 unspecified atom stereocenters. The summed E-state index contributed by atoms with van der Waals surface area (Å²) in [6.45, 7) is 5.10. The fourth-order valence-electron chi connectivity index (χ4n) is 4.50. The van der Waals surface area contributed by atoms with Crippen LogP contribution in [0.3, 0.4) is 0 Å². The third-order valence-corrected chi connectivity index (χ3v) is 6.52. The third kappa shape index (κ3) is 5.67. The van der Waals surface area contributed by atoms with Gasteiger partial charge in [0, 0.05) is 30.4 Å². The predicted octanol–water partition coefficient (Wildman–Crippen LogP) is 5.37. The summed E-state index contributed by atoms with van der Waals surface area (Å²) in [6, 6.07) is 9.74. The van der Waals surface area contributed by atoms with Gasteiger partial charge in [-0.3, -0.25) is 10.8 Å². The van der Waals surface area contributed by atoms with Crippen molar-refractivity contribution in [3.05, 3.63) is 77.0 Å². The van der Waals surface area contributed by atoms with Crippen molar-refractivity contribution in [1.82, 2.24) is 20.0 Å². The number of allylic oxidation sites excluding steroid dienone is 1. The lowest BCUT2D eigenvalue weighted by molar-refractivity contribution is -0.0961. The molecule has 0 amide bonds. The molecule has 0 saturated heterocycles. The van der Waals surface area contributed by atoms with Gasteiger partial charge in [-0.05, 0) is 60.9 Å². The molecular formula is C26H31F3N6. The molecule has 1 aliphatic rings. The number of nitrogens with one attached hydrogen (secondary N) is 1. The Balaban J connectivity index is 1.59. The average Bonchev–Trinajstić information content (AvgIpc) is 3.57. The second kappa shape index (κ2) is 10.1. The first-order valence-electron chi connectivity index (χ1n) is 11.8. The molecule has 3 aromatic rings. The van der Waals surface area contributed by atoms with Crippen molar-refractivity contribution in [3.8, 4) is 11.4 Å². The summed E-state index contributed by atoms with van der Waals surface area (Å²) in [5.74, 6) is 6.10. The van der Waals surface area contributed by atoms with E-state index in [1.54, 1.807) is 11.8 Å². The Morgan fingerprint density at radius 2 is 1.94 bits per heavy atom. The molecule has 9 heteroatoms. The van der Waals surface area contributed by atoms with Gasteiger partial charge < -0.3 is 15.7 Å². The lowest BCUT2D eigenvalue weighted by atomic mass is 9.89. The number of rotatable bonds is 9. The fourth-order valence-corrected chi connectivity index (χ4v) is 4.50. The van der Waals surface area contributed by atoms with Crippen LogP contribution < -0.4 is 17.0 Å². The predicted molar refractivity (Wildman–Crippen MR) is 131 cm³/mol. The van der Waals surface area contributed by atoms with Gasteiger partial charge in [0.1, 0.15) is 5.69 Å². The minimum atomic E-state index is -4.70. The first-order chi connectivity index (χ1) is 16.7. The molecule has 0 bridgehead atoms. The molecule has 6 nitrogen and oxygen atoms in total. The number of nitrogens with zero attached hydrogens (tertiary/aromatic N) is 3. The monoisotopic (exact) mass is 484 g/mol. The first kappa shape index (κ1) is 24.8. The van der Waals surface area contributed by atoms with Crippen molar-refractivity contribution in [1.29, 1.82) is 0 Å². The van der Waals surface area contributed by atoms with E-state index in [4.69, 9.17) is 11.6 Å². The van der Waals surface area contributed by atoms with E-state index < -0.39 is 17.6 Å². The van der Waals surface area contributed by atoms with E-state index in [-0.39, 0.29) is 5.56 Å². The number of aromatic nitrogens is 3. The molecule has 186 valence electrons. The highest BCUT2D eigenvalue weighted by molar-refractivity contribution is 5.69. The Morgan fingerprint density at radius 3 is 2.60 bits per heavy atom. The van der Waals surface area contributed by atoms with Gasteiger partial charge in [0.05, 0.1) is 17.7 Å². The molecule has 1 atom stereocenters. The second-order valence-electron chi connectivity index (χ2n) is 9.19. The molecule has 2 heterocycles. The maximum absolute atomic E-state index is 13.2. The summed E-state index contributed by atoms with van der Waals surface area (Å²) in [6.07, 6.45) is 4.97. The van der Waals surface area contributed by atoms with Crippen molar-refractivity contribution in [3.63, 3.8) is 0 Å². The van der Waals surface area contributed by atoms with Gasteiger partial charge in [-0.25, -0.2) is 4.98 Å². The topological polar surface area (TPSA) is 94.8 Å². The van der Waals surface area contributed by atoms with Crippen LogP contribution in [-0.4, -0.2) is 20.7 Å². The van der Waals surface area contributed by atoms with Crippen LogP contribution in [-0.2, 0) is 6.54 Å². The zero-order valence-electron chi connectivity index (χ0n) is 19.9. The van der Waals surface area contributed by atoms with E-state index in [1.807, 2.05) is 10.8 Å². The second-order valence-corrected chi connectivity index (χ2v) is 9.19. The molecule has 1 saturated carbocycles. The van der Waals surface area contributed by atoms with Crippen molar-refractivity contribution < 1.29 is 13.2 Å². The number of benzene rings is 1. The van der Waals surface area contributed by atoms with E-state index in [0.717, 1.165) is 19.4 Å². The minimum Gasteiger partial charge on any atom is -0.397 e. The molecule has 4 rings (SSSR count). The van der Waals surface area contributed by atoms with Gasteiger partial charge in [0.2, 0.25) is 0 Å². The number of pyridine rings is 1. The van der Waals surface area contributed by atoms with E-state index >= 15 is 0 Å². The van der Waals surface area contributed by atoms with Gasteiger partial charge >= 0.3 is 6.18 Å². The number of alkyl halides is 3. The van der Waals surface area contributed by atoms with Crippen LogP contribution in [0.1, 0.15) is 66.7 Å². The summed E-state index contributed by atoms with van der Waals surface area (Å²) in [4.78, 5) is 8.76. The zero-order chi connectivity index (χ0) is 25.2. The number of hydrogen-bond acceptors (Lipinski definition) is 5. The average molecular weight is 485 g/mol. The summed E-state index contributed by atoms with van der Waals surface area (Å²) >= 11 is 0. The number of hydrazine groups is 1. The molecular weight excluding hydrogens is 453 g/mol. The molecule has 35 heavy (non-hydrogen) atoms. The highest BCUT2D eigenvalue weighted by Crippen LogP contribution is 2.41.